The van der Waals surface area contributed by atoms with Crippen LogP contribution in [0.2, 0.25) is 0 Å². The van der Waals surface area contributed by atoms with Gasteiger partial charge in [0, 0.05) is 29.3 Å². The van der Waals surface area contributed by atoms with Gasteiger partial charge in [0.2, 0.25) is 0 Å². The molecular formula is C33H39N. The molecule has 0 saturated carbocycles. The number of benzene rings is 2. The van der Waals surface area contributed by atoms with Crippen molar-refractivity contribution in [2.45, 2.75) is 66.2 Å². The summed E-state index contributed by atoms with van der Waals surface area (Å²) in [5.41, 5.74) is 13.6. The molecule has 1 heteroatoms. The van der Waals surface area contributed by atoms with Gasteiger partial charge < -0.3 is 4.90 Å². The van der Waals surface area contributed by atoms with Crippen LogP contribution < -0.4 is 4.90 Å². The first kappa shape index (κ1) is 24.1. The minimum Gasteiger partial charge on any atom is -0.347 e. The first-order valence-corrected chi connectivity index (χ1v) is 12.4. The summed E-state index contributed by atoms with van der Waals surface area (Å²) >= 11 is 0. The van der Waals surface area contributed by atoms with Crippen molar-refractivity contribution in [3.05, 3.63) is 118 Å². The highest BCUT2D eigenvalue weighted by Gasteiger charge is 2.37. The van der Waals surface area contributed by atoms with Gasteiger partial charge in [0.15, 0.2) is 0 Å². The normalized spacial score (nSPS) is 20.8. The van der Waals surface area contributed by atoms with Crippen molar-refractivity contribution in [2.24, 2.45) is 0 Å². The SMILES string of the molecule is CC(=CC=C1N(C)c2ccccc2C1(C)C)C(C)=C(C)C=CC1=C(C)c2ccccc2C1(C)C. The van der Waals surface area contributed by atoms with Crippen molar-refractivity contribution in [2.75, 3.05) is 11.9 Å². The molecular weight excluding hydrogens is 410 g/mol. The van der Waals surface area contributed by atoms with E-state index >= 15 is 0 Å². The average Bonchev–Trinajstić information content (AvgIpc) is 3.13. The van der Waals surface area contributed by atoms with Crippen LogP contribution in [-0.2, 0) is 10.8 Å². The summed E-state index contributed by atoms with van der Waals surface area (Å²) in [6.07, 6.45) is 9.23. The second kappa shape index (κ2) is 8.62. The zero-order valence-corrected chi connectivity index (χ0v) is 22.4. The van der Waals surface area contributed by atoms with Crippen LogP contribution in [0.15, 0.2) is 101 Å². The van der Waals surface area contributed by atoms with Gasteiger partial charge in [-0.1, -0.05) is 88.4 Å². The molecule has 0 unspecified atom stereocenters. The zero-order chi connectivity index (χ0) is 24.8. The van der Waals surface area contributed by atoms with E-state index in [4.69, 9.17) is 0 Å². The summed E-state index contributed by atoms with van der Waals surface area (Å²) in [6, 6.07) is 17.6. The van der Waals surface area contributed by atoms with E-state index in [2.05, 4.69) is 140 Å². The van der Waals surface area contributed by atoms with Crippen LogP contribution >= 0.6 is 0 Å². The first-order chi connectivity index (χ1) is 16.0. The van der Waals surface area contributed by atoms with Crippen LogP contribution in [-0.4, -0.2) is 7.05 Å². The molecule has 2 aliphatic rings. The van der Waals surface area contributed by atoms with E-state index < -0.39 is 0 Å². The Kier molecular flexibility index (Phi) is 6.10. The lowest BCUT2D eigenvalue weighted by Gasteiger charge is -2.24. The topological polar surface area (TPSA) is 3.24 Å². The Balaban J connectivity index is 1.61. The summed E-state index contributed by atoms with van der Waals surface area (Å²) in [7, 11) is 2.18. The quantitative estimate of drug-likeness (QED) is 0.421. The summed E-state index contributed by atoms with van der Waals surface area (Å²) in [4.78, 5) is 2.33. The Labute approximate surface area is 206 Å². The van der Waals surface area contributed by atoms with Crippen molar-refractivity contribution >= 4 is 11.3 Å². The highest BCUT2D eigenvalue weighted by Crippen LogP contribution is 2.47. The number of fused-ring (bicyclic) bond motifs is 2. The number of likely N-dealkylation sites (N-methyl/N-ethyl adjacent to an activating group) is 1. The summed E-state index contributed by atoms with van der Waals surface area (Å²) in [5.74, 6) is 0. The Morgan fingerprint density at radius 2 is 1.44 bits per heavy atom. The molecule has 0 saturated heterocycles. The van der Waals surface area contributed by atoms with Gasteiger partial charge in [-0.15, -0.1) is 0 Å². The van der Waals surface area contributed by atoms with Crippen molar-refractivity contribution in [3.63, 3.8) is 0 Å². The van der Waals surface area contributed by atoms with E-state index in [1.165, 1.54) is 55.9 Å². The lowest BCUT2D eigenvalue weighted by Crippen LogP contribution is -2.22. The molecule has 0 amide bonds. The maximum atomic E-state index is 2.34. The molecule has 0 atom stereocenters. The van der Waals surface area contributed by atoms with E-state index in [1.807, 2.05) is 0 Å². The lowest BCUT2D eigenvalue weighted by atomic mass is 9.81. The van der Waals surface area contributed by atoms with Crippen LogP contribution in [0.3, 0.4) is 0 Å². The molecule has 4 rings (SSSR count). The molecule has 0 aromatic heterocycles. The monoisotopic (exact) mass is 449 g/mol. The molecule has 1 nitrogen and oxygen atoms in total. The molecule has 176 valence electrons. The number of para-hydroxylation sites is 1. The molecule has 2 aromatic carbocycles. The summed E-state index contributed by atoms with van der Waals surface area (Å²) < 4.78 is 0. The van der Waals surface area contributed by atoms with Gasteiger partial charge in [0.05, 0.1) is 0 Å². The largest absolute Gasteiger partial charge is 0.347 e. The summed E-state index contributed by atoms with van der Waals surface area (Å²) in [5, 5.41) is 0. The van der Waals surface area contributed by atoms with Gasteiger partial charge in [-0.2, -0.15) is 0 Å². The molecule has 1 aliphatic heterocycles. The standard InChI is InChI=1S/C33H39N/c1-22(18-20-27-25(4)26-14-10-11-15-28(26)32(27,5)6)24(3)23(2)19-21-31-33(7,8)29-16-12-13-17-30(29)34(31)9/h10-21H,1-9H3. The van der Waals surface area contributed by atoms with E-state index in [9.17, 15) is 0 Å². The van der Waals surface area contributed by atoms with Gasteiger partial charge >= 0.3 is 0 Å². The number of anilines is 1. The van der Waals surface area contributed by atoms with Crippen molar-refractivity contribution in [1.29, 1.82) is 0 Å². The maximum Gasteiger partial charge on any atom is 0.0447 e. The fourth-order valence-corrected chi connectivity index (χ4v) is 5.72. The zero-order valence-electron chi connectivity index (χ0n) is 22.4. The van der Waals surface area contributed by atoms with E-state index in [0.717, 1.165) is 0 Å². The number of nitrogens with zero attached hydrogens (tertiary/aromatic N) is 1. The molecule has 1 heterocycles. The third-order valence-corrected chi connectivity index (χ3v) is 8.20. The Bertz CT molecular complexity index is 1290. The van der Waals surface area contributed by atoms with E-state index in [0.29, 0.717) is 0 Å². The Hall–Kier alpha value is -3.06. The molecule has 1 aliphatic carbocycles. The van der Waals surface area contributed by atoms with Crippen molar-refractivity contribution in [1.82, 2.24) is 0 Å². The molecule has 0 fully saturated rings. The van der Waals surface area contributed by atoms with Crippen LogP contribution in [0, 0.1) is 0 Å². The second-order valence-corrected chi connectivity index (χ2v) is 11.0. The van der Waals surface area contributed by atoms with Crippen LogP contribution in [0.25, 0.3) is 5.57 Å². The van der Waals surface area contributed by atoms with E-state index in [1.54, 1.807) is 0 Å². The molecule has 0 N–H and O–H groups in total. The fourth-order valence-electron chi connectivity index (χ4n) is 5.72. The predicted molar refractivity (Wildman–Crippen MR) is 149 cm³/mol. The molecule has 34 heavy (non-hydrogen) atoms. The molecule has 0 spiro atoms. The van der Waals surface area contributed by atoms with Gasteiger partial charge in [0.25, 0.3) is 0 Å². The fraction of sp³-hybridized carbons (Fsp3) is 0.333. The number of allylic oxidation sites excluding steroid dienone is 10. The van der Waals surface area contributed by atoms with Crippen molar-refractivity contribution < 1.29 is 0 Å². The number of rotatable bonds is 4. The minimum atomic E-state index is 0.00174. The Morgan fingerprint density at radius 1 is 0.824 bits per heavy atom. The first-order valence-electron chi connectivity index (χ1n) is 12.4. The van der Waals surface area contributed by atoms with Crippen LogP contribution in [0.5, 0.6) is 0 Å². The number of hydrogen-bond acceptors (Lipinski definition) is 1. The van der Waals surface area contributed by atoms with E-state index in [-0.39, 0.29) is 10.8 Å². The summed E-state index contributed by atoms with van der Waals surface area (Å²) in [6.45, 7) is 18.2. The van der Waals surface area contributed by atoms with Crippen molar-refractivity contribution in [3.8, 4) is 0 Å². The van der Waals surface area contributed by atoms with Crippen LogP contribution in [0.1, 0.15) is 72.1 Å². The smallest absolute Gasteiger partial charge is 0.0447 e. The molecule has 0 bridgehead atoms. The third-order valence-electron chi connectivity index (χ3n) is 8.20. The van der Waals surface area contributed by atoms with Crippen LogP contribution in [0.4, 0.5) is 5.69 Å². The maximum absolute atomic E-state index is 2.34. The number of hydrogen-bond donors (Lipinski definition) is 0. The van der Waals surface area contributed by atoms with Gasteiger partial charge in [-0.05, 0) is 84.4 Å². The van der Waals surface area contributed by atoms with Gasteiger partial charge in [-0.25, -0.2) is 0 Å². The van der Waals surface area contributed by atoms with Gasteiger partial charge in [-0.3, -0.25) is 0 Å². The lowest BCUT2D eigenvalue weighted by molar-refractivity contribution is 0.640. The minimum absolute atomic E-state index is 0.00174. The van der Waals surface area contributed by atoms with Gasteiger partial charge in [0.1, 0.15) is 0 Å². The average molecular weight is 450 g/mol. The highest BCUT2D eigenvalue weighted by atomic mass is 15.2. The third kappa shape index (κ3) is 3.82. The second-order valence-electron chi connectivity index (χ2n) is 11.0. The Morgan fingerprint density at radius 3 is 2.09 bits per heavy atom. The predicted octanol–water partition coefficient (Wildman–Crippen LogP) is 8.90. The highest BCUT2D eigenvalue weighted by molar-refractivity contribution is 5.81. The molecule has 2 aromatic rings. The molecule has 0 radical (unpaired) electrons.